The van der Waals surface area contributed by atoms with E-state index in [9.17, 15) is 4.79 Å². The first-order valence-corrected chi connectivity index (χ1v) is 8.79. The molecule has 1 amide bonds. The molecule has 4 saturated carbocycles. The Balaban J connectivity index is 1.44. The van der Waals surface area contributed by atoms with Crippen molar-refractivity contribution in [3.8, 4) is 6.07 Å². The topological polar surface area (TPSA) is 82.2 Å². The highest BCUT2D eigenvalue weighted by atomic mass is 16.2. The summed E-state index contributed by atoms with van der Waals surface area (Å²) in [6.07, 6.45) is 8.82. The molecule has 0 aromatic rings. The van der Waals surface area contributed by atoms with E-state index in [-0.39, 0.29) is 23.0 Å². The van der Waals surface area contributed by atoms with Gasteiger partial charge in [-0.1, -0.05) is 6.42 Å². The van der Waals surface area contributed by atoms with E-state index in [1.165, 1.54) is 19.3 Å². The predicted molar refractivity (Wildman–Crippen MR) is 82.7 cm³/mol. The first-order chi connectivity index (χ1) is 10.6. The van der Waals surface area contributed by atoms with Crippen LogP contribution >= 0.6 is 0 Å². The lowest BCUT2D eigenvalue weighted by molar-refractivity contribution is -0.130. The molecule has 5 atom stereocenters. The zero-order valence-corrected chi connectivity index (χ0v) is 13.2. The van der Waals surface area contributed by atoms with Crippen molar-refractivity contribution in [2.75, 3.05) is 13.1 Å². The molecule has 0 spiro atoms. The molecule has 4 aliphatic carbocycles. The number of nitrogens with zero attached hydrogens (tertiary/aromatic N) is 2. The molecule has 1 heterocycles. The highest BCUT2D eigenvalue weighted by Crippen LogP contribution is 2.60. The smallest absolute Gasteiger partial charge is 0.237 e. The Hall–Kier alpha value is -1.12. The van der Waals surface area contributed by atoms with E-state index in [0.29, 0.717) is 18.4 Å². The van der Waals surface area contributed by atoms with Crippen molar-refractivity contribution in [3.63, 3.8) is 0 Å². The van der Waals surface area contributed by atoms with Crippen molar-refractivity contribution < 1.29 is 4.79 Å². The Morgan fingerprint density at radius 3 is 3.05 bits per heavy atom. The maximum Gasteiger partial charge on any atom is 0.237 e. The minimum atomic E-state index is -0.216. The van der Waals surface area contributed by atoms with Crippen LogP contribution in [0.5, 0.6) is 0 Å². The average molecular weight is 302 g/mol. The molecule has 5 fully saturated rings. The van der Waals surface area contributed by atoms with Gasteiger partial charge in [-0.15, -0.1) is 0 Å². The van der Waals surface area contributed by atoms with Gasteiger partial charge in [0, 0.05) is 17.6 Å². The number of amides is 1. The normalized spacial score (nSPS) is 46.0. The van der Waals surface area contributed by atoms with Gasteiger partial charge in [-0.2, -0.15) is 5.26 Å². The van der Waals surface area contributed by atoms with E-state index < -0.39 is 0 Å². The van der Waals surface area contributed by atoms with E-state index >= 15 is 0 Å². The van der Waals surface area contributed by atoms with Crippen LogP contribution in [-0.2, 0) is 4.79 Å². The summed E-state index contributed by atoms with van der Waals surface area (Å²) < 4.78 is 0. The van der Waals surface area contributed by atoms with Crippen molar-refractivity contribution in [1.82, 2.24) is 10.2 Å². The second-order valence-corrected chi connectivity index (χ2v) is 8.02. The molecule has 4 unspecified atom stereocenters. The fourth-order valence-corrected chi connectivity index (χ4v) is 5.84. The quantitative estimate of drug-likeness (QED) is 0.819. The number of hydrogen-bond acceptors (Lipinski definition) is 4. The van der Waals surface area contributed by atoms with Crippen molar-refractivity contribution in [1.29, 1.82) is 5.26 Å². The monoisotopic (exact) mass is 302 g/mol. The van der Waals surface area contributed by atoms with Crippen LogP contribution in [0.2, 0.25) is 0 Å². The van der Waals surface area contributed by atoms with E-state index in [2.05, 4.69) is 11.4 Å². The molecule has 1 saturated heterocycles. The van der Waals surface area contributed by atoms with Crippen LogP contribution in [0.1, 0.15) is 51.4 Å². The molecule has 1 aliphatic heterocycles. The zero-order chi connectivity index (χ0) is 15.4. The molecule has 0 radical (unpaired) electrons. The third kappa shape index (κ3) is 2.00. The van der Waals surface area contributed by atoms with Gasteiger partial charge in [0.05, 0.1) is 12.6 Å². The minimum absolute atomic E-state index is 0.00583. The number of nitriles is 1. The van der Waals surface area contributed by atoms with Crippen LogP contribution in [0.3, 0.4) is 0 Å². The fraction of sp³-hybridized carbons (Fsp3) is 0.882. The molecule has 120 valence electrons. The van der Waals surface area contributed by atoms with Gasteiger partial charge in [-0.05, 0) is 56.8 Å². The number of nitrogens with one attached hydrogen (secondary N) is 1. The molecule has 0 aromatic carbocycles. The van der Waals surface area contributed by atoms with Gasteiger partial charge < -0.3 is 16.0 Å². The average Bonchev–Trinajstić information content (AvgIpc) is 3.12. The number of carbonyl (C=O) groups is 1. The minimum Gasteiger partial charge on any atom is -0.326 e. The number of likely N-dealkylation sites (tertiary alicyclic amines) is 1. The Morgan fingerprint density at radius 2 is 2.23 bits per heavy atom. The summed E-state index contributed by atoms with van der Waals surface area (Å²) in [5.41, 5.74) is 6.76. The number of fused-ring (bicyclic) bond motifs is 2. The van der Waals surface area contributed by atoms with Gasteiger partial charge in [-0.25, -0.2) is 0 Å². The summed E-state index contributed by atoms with van der Waals surface area (Å²) in [7, 11) is 0. The standard InChI is InChI=1S/C17H26N4O/c18-9-14-4-2-6-21(14)15(22)10-20-17-8-13-7-12(17)3-1-5-16(13,19)11-17/h12-14,20H,1-8,10-11,19H2/t12?,13?,14-,16?,17?/m0/s1. The molecular formula is C17H26N4O. The van der Waals surface area contributed by atoms with Crippen molar-refractivity contribution in [2.45, 2.75) is 68.5 Å². The van der Waals surface area contributed by atoms with Crippen molar-refractivity contribution in [2.24, 2.45) is 17.6 Å². The third-order valence-corrected chi connectivity index (χ3v) is 6.93. The zero-order valence-electron chi connectivity index (χ0n) is 13.2. The van der Waals surface area contributed by atoms with Crippen LogP contribution in [0, 0.1) is 23.2 Å². The Kier molecular flexibility index (Phi) is 3.25. The van der Waals surface area contributed by atoms with Gasteiger partial charge in [0.2, 0.25) is 5.91 Å². The van der Waals surface area contributed by atoms with Crippen molar-refractivity contribution in [3.05, 3.63) is 0 Å². The molecule has 4 bridgehead atoms. The lowest BCUT2D eigenvalue weighted by atomic mass is 9.75. The van der Waals surface area contributed by atoms with Crippen LogP contribution < -0.4 is 11.1 Å². The van der Waals surface area contributed by atoms with Gasteiger partial charge >= 0.3 is 0 Å². The number of carbonyl (C=O) groups excluding carboxylic acids is 1. The predicted octanol–water partition coefficient (Wildman–Crippen LogP) is 1.14. The van der Waals surface area contributed by atoms with Gasteiger partial charge in [-0.3, -0.25) is 4.79 Å². The van der Waals surface area contributed by atoms with E-state index in [1.807, 2.05) is 0 Å². The molecule has 5 rings (SSSR count). The van der Waals surface area contributed by atoms with Gasteiger partial charge in [0.25, 0.3) is 0 Å². The van der Waals surface area contributed by atoms with Crippen LogP contribution in [0.25, 0.3) is 0 Å². The Bertz CT molecular complexity index is 529. The number of hydrogen-bond donors (Lipinski definition) is 2. The van der Waals surface area contributed by atoms with Gasteiger partial charge in [0.1, 0.15) is 6.04 Å². The molecule has 0 aromatic heterocycles. The van der Waals surface area contributed by atoms with Crippen LogP contribution in [0.15, 0.2) is 0 Å². The first kappa shape index (κ1) is 14.5. The van der Waals surface area contributed by atoms with Crippen molar-refractivity contribution >= 4 is 5.91 Å². The lowest BCUT2D eigenvalue weighted by Crippen LogP contribution is -2.55. The molecule has 5 nitrogen and oxygen atoms in total. The maximum absolute atomic E-state index is 12.5. The largest absolute Gasteiger partial charge is 0.326 e. The van der Waals surface area contributed by atoms with E-state index in [1.54, 1.807) is 4.90 Å². The summed E-state index contributed by atoms with van der Waals surface area (Å²) >= 11 is 0. The molecule has 5 heteroatoms. The third-order valence-electron chi connectivity index (χ3n) is 6.93. The SMILES string of the molecule is N#C[C@@H]1CCCN1C(=O)CNC12CC3CC1CCCC3(N)C2. The van der Waals surface area contributed by atoms with E-state index in [4.69, 9.17) is 11.0 Å². The van der Waals surface area contributed by atoms with Crippen LogP contribution in [0.4, 0.5) is 0 Å². The highest BCUT2D eigenvalue weighted by Gasteiger charge is 2.62. The summed E-state index contributed by atoms with van der Waals surface area (Å²) in [5.74, 6) is 1.42. The van der Waals surface area contributed by atoms with Crippen LogP contribution in [-0.4, -0.2) is 41.0 Å². The molecule has 22 heavy (non-hydrogen) atoms. The summed E-state index contributed by atoms with van der Waals surface area (Å²) in [6, 6.07) is 2.04. The number of nitrogens with two attached hydrogens (primary N) is 1. The second kappa shape index (κ2) is 4.94. The maximum atomic E-state index is 12.5. The highest BCUT2D eigenvalue weighted by molar-refractivity contribution is 5.79. The lowest BCUT2D eigenvalue weighted by Gasteiger charge is -2.40. The molecule has 5 aliphatic rings. The summed E-state index contributed by atoms with van der Waals surface area (Å²) in [4.78, 5) is 14.3. The Labute approximate surface area is 132 Å². The summed E-state index contributed by atoms with van der Waals surface area (Å²) in [5, 5.41) is 12.8. The Morgan fingerprint density at radius 1 is 1.36 bits per heavy atom. The molecular weight excluding hydrogens is 276 g/mol. The fourth-order valence-electron chi connectivity index (χ4n) is 5.84. The number of rotatable bonds is 3. The van der Waals surface area contributed by atoms with E-state index in [0.717, 1.165) is 38.6 Å². The van der Waals surface area contributed by atoms with Gasteiger partial charge in [0.15, 0.2) is 0 Å². The first-order valence-electron chi connectivity index (χ1n) is 8.79. The molecule has 3 N–H and O–H groups in total. The summed E-state index contributed by atoms with van der Waals surface area (Å²) in [6.45, 7) is 1.11. The second-order valence-electron chi connectivity index (χ2n) is 8.02.